The van der Waals surface area contributed by atoms with Gasteiger partial charge in [-0.2, -0.15) is 0 Å². The van der Waals surface area contributed by atoms with Gasteiger partial charge in [-0.1, -0.05) is 269 Å². The Morgan fingerprint density at radius 3 is 1.18 bits per heavy atom. The number of phosphoric acid groups is 1. The number of aliphatic hydroxyl groups excluding tert-OH is 1. The number of hydrogen-bond acceptors (Lipinski definition) is 5. The lowest BCUT2D eigenvalue weighted by atomic mass is 10.0. The SMILES string of the molecule is CCCCCCCCCCCCCCCCCC/C=C/CC/C=C/CC/C=C/C(O)C(COP(=O)(O)OCC[N+](C)(C)C)NC(=O)CCCCCCCCCCCCCCCCCCCCCC. The van der Waals surface area contributed by atoms with E-state index in [1.165, 1.54) is 218 Å². The average molecular weight is 981 g/mol. The van der Waals surface area contributed by atoms with E-state index in [0.717, 1.165) is 44.9 Å². The molecule has 68 heavy (non-hydrogen) atoms. The summed E-state index contributed by atoms with van der Waals surface area (Å²) in [7, 11) is 1.56. The first-order valence-corrected chi connectivity index (χ1v) is 30.9. The fourth-order valence-corrected chi connectivity index (χ4v) is 9.46. The first-order valence-electron chi connectivity index (χ1n) is 29.4. The molecule has 0 bridgehead atoms. The molecular formula is C59H116N2O6P+. The largest absolute Gasteiger partial charge is 0.472 e. The molecular weight excluding hydrogens is 864 g/mol. The summed E-state index contributed by atoms with van der Waals surface area (Å²) in [5.41, 5.74) is 0. The summed E-state index contributed by atoms with van der Waals surface area (Å²) in [6.07, 6.45) is 65.4. The zero-order chi connectivity index (χ0) is 49.9. The molecule has 402 valence electrons. The number of hydrogen-bond donors (Lipinski definition) is 3. The number of aliphatic hydroxyl groups is 1. The molecule has 8 nitrogen and oxygen atoms in total. The number of nitrogens with one attached hydrogen (secondary N) is 1. The van der Waals surface area contributed by atoms with E-state index in [1.54, 1.807) is 6.08 Å². The third-order valence-electron chi connectivity index (χ3n) is 13.3. The van der Waals surface area contributed by atoms with Gasteiger partial charge >= 0.3 is 7.82 Å². The standard InChI is InChI=1S/C59H115N2O6P/c1-6-8-10-12-14-16-18-20-22-24-26-28-29-30-31-32-33-34-36-38-40-42-44-46-48-50-52-58(62)57(56-67-68(64,65)66-55-54-61(3,4)5)60-59(63)53-51-49-47-45-43-41-39-37-35-27-25-23-21-19-17-15-13-11-9-7-2/h34,36,42,44,50,52,57-58,62H,6-33,35,37-41,43,45-49,51,53-56H2,1-5H3,(H-,60,63,64,65)/p+1/b36-34+,44-42+,52-50+. The molecule has 0 saturated carbocycles. The van der Waals surface area contributed by atoms with Crippen LogP contribution in [-0.2, 0) is 18.4 Å². The predicted molar refractivity (Wildman–Crippen MR) is 295 cm³/mol. The lowest BCUT2D eigenvalue weighted by Gasteiger charge is -2.25. The molecule has 0 saturated heterocycles. The molecule has 0 aliphatic rings. The maximum absolute atomic E-state index is 13.0. The van der Waals surface area contributed by atoms with Gasteiger partial charge in [0, 0.05) is 6.42 Å². The molecule has 0 rings (SSSR count). The zero-order valence-corrected chi connectivity index (χ0v) is 46.8. The molecule has 0 aromatic heterocycles. The van der Waals surface area contributed by atoms with E-state index in [1.807, 2.05) is 27.2 Å². The number of nitrogens with zero attached hydrogens (tertiary/aromatic N) is 1. The Labute approximate surface area is 423 Å². The molecule has 0 aromatic carbocycles. The molecule has 9 heteroatoms. The van der Waals surface area contributed by atoms with Crippen LogP contribution in [0.4, 0.5) is 0 Å². The first-order chi connectivity index (χ1) is 33.0. The average Bonchev–Trinajstić information content (AvgIpc) is 3.30. The number of amides is 1. The van der Waals surface area contributed by atoms with Crippen LogP contribution in [0.1, 0.15) is 284 Å². The van der Waals surface area contributed by atoms with Gasteiger partial charge in [0.05, 0.1) is 39.9 Å². The molecule has 0 fully saturated rings. The molecule has 1 amide bonds. The summed E-state index contributed by atoms with van der Waals surface area (Å²) >= 11 is 0. The van der Waals surface area contributed by atoms with Crippen LogP contribution >= 0.6 is 7.82 Å². The van der Waals surface area contributed by atoms with Crippen molar-refractivity contribution in [1.29, 1.82) is 0 Å². The lowest BCUT2D eigenvalue weighted by Crippen LogP contribution is -2.45. The molecule has 3 atom stereocenters. The smallest absolute Gasteiger partial charge is 0.387 e. The van der Waals surface area contributed by atoms with Crippen LogP contribution < -0.4 is 5.32 Å². The van der Waals surface area contributed by atoms with Crippen molar-refractivity contribution in [1.82, 2.24) is 5.32 Å². The third kappa shape index (κ3) is 52.5. The summed E-state index contributed by atoms with van der Waals surface area (Å²) in [5, 5.41) is 13.9. The number of likely N-dealkylation sites (N-methyl/N-ethyl adjacent to an activating group) is 1. The summed E-state index contributed by atoms with van der Waals surface area (Å²) in [4.78, 5) is 23.3. The number of allylic oxidation sites excluding steroid dienone is 5. The quantitative estimate of drug-likeness (QED) is 0.0243. The minimum atomic E-state index is -4.36. The van der Waals surface area contributed by atoms with Crippen LogP contribution in [-0.4, -0.2) is 73.4 Å². The second-order valence-corrected chi connectivity index (χ2v) is 22.8. The molecule has 3 unspecified atom stereocenters. The number of phosphoric ester groups is 1. The van der Waals surface area contributed by atoms with E-state index in [9.17, 15) is 19.4 Å². The van der Waals surface area contributed by atoms with E-state index >= 15 is 0 Å². The minimum Gasteiger partial charge on any atom is -0.387 e. The fourth-order valence-electron chi connectivity index (χ4n) is 8.72. The van der Waals surface area contributed by atoms with Gasteiger partial charge in [0.1, 0.15) is 13.2 Å². The molecule has 0 aliphatic carbocycles. The van der Waals surface area contributed by atoms with Crippen LogP contribution in [0.15, 0.2) is 36.5 Å². The topological polar surface area (TPSA) is 105 Å². The van der Waals surface area contributed by atoms with Crippen molar-refractivity contribution in [3.63, 3.8) is 0 Å². The van der Waals surface area contributed by atoms with Gasteiger partial charge in [-0.25, -0.2) is 4.57 Å². The van der Waals surface area contributed by atoms with Gasteiger partial charge in [-0.05, 0) is 44.9 Å². The second-order valence-electron chi connectivity index (χ2n) is 21.4. The Morgan fingerprint density at radius 1 is 0.485 bits per heavy atom. The highest BCUT2D eigenvalue weighted by Crippen LogP contribution is 2.43. The van der Waals surface area contributed by atoms with Crippen LogP contribution in [0.5, 0.6) is 0 Å². The molecule has 0 radical (unpaired) electrons. The van der Waals surface area contributed by atoms with Crippen molar-refractivity contribution in [2.75, 3.05) is 40.9 Å². The lowest BCUT2D eigenvalue weighted by molar-refractivity contribution is -0.870. The summed E-state index contributed by atoms with van der Waals surface area (Å²) in [6, 6.07) is -0.868. The van der Waals surface area contributed by atoms with Gasteiger partial charge in [0.25, 0.3) is 0 Å². The van der Waals surface area contributed by atoms with Crippen molar-refractivity contribution < 1.29 is 32.9 Å². The number of quaternary nitrogens is 1. The Hall–Kier alpha value is -1.28. The van der Waals surface area contributed by atoms with Crippen molar-refractivity contribution in [3.05, 3.63) is 36.5 Å². The van der Waals surface area contributed by atoms with Crippen LogP contribution in [0.25, 0.3) is 0 Å². The molecule has 0 spiro atoms. The third-order valence-corrected chi connectivity index (χ3v) is 14.3. The van der Waals surface area contributed by atoms with E-state index in [0.29, 0.717) is 17.4 Å². The molecule has 0 aromatic rings. The van der Waals surface area contributed by atoms with Crippen LogP contribution in [0.3, 0.4) is 0 Å². The number of carbonyl (C=O) groups is 1. The fraction of sp³-hybridized carbons (Fsp3) is 0.881. The van der Waals surface area contributed by atoms with E-state index in [2.05, 4.69) is 43.5 Å². The normalized spacial score (nSPS) is 14.2. The summed E-state index contributed by atoms with van der Waals surface area (Å²) < 4.78 is 23.7. The number of unbranched alkanes of at least 4 members (excludes halogenated alkanes) is 37. The van der Waals surface area contributed by atoms with Crippen molar-refractivity contribution in [2.45, 2.75) is 296 Å². The predicted octanol–water partition coefficient (Wildman–Crippen LogP) is 17.8. The maximum atomic E-state index is 13.0. The van der Waals surface area contributed by atoms with Crippen molar-refractivity contribution in [2.24, 2.45) is 0 Å². The molecule has 3 N–H and O–H groups in total. The minimum absolute atomic E-state index is 0.0552. The maximum Gasteiger partial charge on any atom is 0.472 e. The van der Waals surface area contributed by atoms with Crippen LogP contribution in [0, 0.1) is 0 Å². The van der Waals surface area contributed by atoms with E-state index in [4.69, 9.17) is 9.05 Å². The Bertz CT molecular complexity index is 1200. The van der Waals surface area contributed by atoms with Gasteiger partial charge in [-0.15, -0.1) is 0 Å². The van der Waals surface area contributed by atoms with Crippen molar-refractivity contribution >= 4 is 13.7 Å². The van der Waals surface area contributed by atoms with Crippen LogP contribution in [0.2, 0.25) is 0 Å². The highest BCUT2D eigenvalue weighted by Gasteiger charge is 2.27. The van der Waals surface area contributed by atoms with E-state index < -0.39 is 20.0 Å². The first kappa shape index (κ1) is 66.7. The second kappa shape index (κ2) is 50.7. The highest BCUT2D eigenvalue weighted by molar-refractivity contribution is 7.47. The van der Waals surface area contributed by atoms with Gasteiger partial charge in [-0.3, -0.25) is 13.8 Å². The molecule has 0 aliphatic heterocycles. The Morgan fingerprint density at radius 2 is 0.809 bits per heavy atom. The number of rotatable bonds is 54. The van der Waals surface area contributed by atoms with Crippen molar-refractivity contribution in [3.8, 4) is 0 Å². The number of carbonyl (C=O) groups excluding carboxylic acids is 1. The zero-order valence-electron chi connectivity index (χ0n) is 45.9. The Balaban J connectivity index is 4.26. The Kier molecular flexibility index (Phi) is 49.7. The molecule has 0 heterocycles. The van der Waals surface area contributed by atoms with Gasteiger partial charge in [0.15, 0.2) is 0 Å². The monoisotopic (exact) mass is 980 g/mol. The van der Waals surface area contributed by atoms with Gasteiger partial charge < -0.3 is 19.8 Å². The summed E-state index contributed by atoms with van der Waals surface area (Å²) in [6.45, 7) is 4.83. The summed E-state index contributed by atoms with van der Waals surface area (Å²) in [5.74, 6) is -0.186. The van der Waals surface area contributed by atoms with Gasteiger partial charge in [0.2, 0.25) is 5.91 Å². The van der Waals surface area contributed by atoms with E-state index in [-0.39, 0.29) is 19.1 Å². The highest BCUT2D eigenvalue weighted by atomic mass is 31.2.